The molecule has 0 heterocycles. The summed E-state index contributed by atoms with van der Waals surface area (Å²) >= 11 is 7.72. The molecule has 2 aromatic carbocycles. The van der Waals surface area contributed by atoms with E-state index in [2.05, 4.69) is 0 Å². The van der Waals surface area contributed by atoms with Crippen molar-refractivity contribution in [3.05, 3.63) is 47.5 Å². The third-order valence-corrected chi connectivity index (χ3v) is 4.09. The minimum Gasteiger partial charge on any atom is -0.497 e. The second-order valence-corrected chi connectivity index (χ2v) is 5.61. The molecule has 106 valence electrons. The summed E-state index contributed by atoms with van der Waals surface area (Å²) in [5.74, 6) is 2.44. The molecule has 5 heteroatoms. The minimum absolute atomic E-state index is 0.599. The normalized spacial score (nSPS) is 10.3. The highest BCUT2D eigenvalue weighted by Crippen LogP contribution is 2.29. The van der Waals surface area contributed by atoms with Gasteiger partial charge in [0.05, 0.1) is 18.7 Å². The molecule has 0 bridgehead atoms. The molecule has 2 aromatic rings. The summed E-state index contributed by atoms with van der Waals surface area (Å²) in [5.41, 5.74) is 6.45. The highest BCUT2D eigenvalue weighted by molar-refractivity contribution is 7.99. The van der Waals surface area contributed by atoms with E-state index >= 15 is 0 Å². The highest BCUT2D eigenvalue weighted by atomic mass is 35.5. The molecule has 0 radical (unpaired) electrons. The maximum absolute atomic E-state index is 6.09. The molecule has 0 atom stereocenters. The molecule has 0 saturated carbocycles. The average Bonchev–Trinajstić information content (AvgIpc) is 2.47. The average molecular weight is 310 g/mol. The zero-order chi connectivity index (χ0) is 14.4. The molecular weight excluding hydrogens is 294 g/mol. The van der Waals surface area contributed by atoms with E-state index in [0.29, 0.717) is 17.3 Å². The zero-order valence-corrected chi connectivity index (χ0v) is 12.7. The third kappa shape index (κ3) is 4.25. The Morgan fingerprint density at radius 2 is 1.80 bits per heavy atom. The molecule has 0 amide bonds. The number of thioether (sulfide) groups is 1. The van der Waals surface area contributed by atoms with Gasteiger partial charge in [-0.3, -0.25) is 0 Å². The van der Waals surface area contributed by atoms with Crippen molar-refractivity contribution < 1.29 is 9.47 Å². The molecule has 0 unspecified atom stereocenters. The molecule has 0 aliphatic heterocycles. The number of hydrogen-bond donors (Lipinski definition) is 1. The van der Waals surface area contributed by atoms with Gasteiger partial charge in [0.2, 0.25) is 0 Å². The Hall–Kier alpha value is -1.52. The Labute approximate surface area is 128 Å². The summed E-state index contributed by atoms with van der Waals surface area (Å²) in [5, 5.41) is 0.716. The van der Waals surface area contributed by atoms with Gasteiger partial charge in [0.15, 0.2) is 0 Å². The Balaban J connectivity index is 1.79. The monoisotopic (exact) mass is 309 g/mol. The molecule has 0 spiro atoms. The standard InChI is InChI=1S/C15H16ClNO2S/c1-18-12-3-5-13(6-4-12)19-8-9-20-15-10-11(17)2-7-14(15)16/h2-7,10H,8-9,17H2,1H3. The lowest BCUT2D eigenvalue weighted by molar-refractivity contribution is 0.342. The molecule has 0 aliphatic carbocycles. The maximum atomic E-state index is 6.09. The lowest BCUT2D eigenvalue weighted by Crippen LogP contribution is -2.00. The summed E-state index contributed by atoms with van der Waals surface area (Å²) in [7, 11) is 1.64. The number of anilines is 1. The molecule has 0 aromatic heterocycles. The van der Waals surface area contributed by atoms with Crippen molar-refractivity contribution in [3.63, 3.8) is 0 Å². The van der Waals surface area contributed by atoms with Crippen molar-refractivity contribution in [2.75, 3.05) is 25.2 Å². The van der Waals surface area contributed by atoms with Gasteiger partial charge in [0.1, 0.15) is 11.5 Å². The van der Waals surface area contributed by atoms with Gasteiger partial charge in [-0.2, -0.15) is 0 Å². The minimum atomic E-state index is 0.599. The summed E-state index contributed by atoms with van der Waals surface area (Å²) in [4.78, 5) is 0.977. The summed E-state index contributed by atoms with van der Waals surface area (Å²) in [6.45, 7) is 0.599. The summed E-state index contributed by atoms with van der Waals surface area (Å²) < 4.78 is 10.7. The molecule has 0 aliphatic rings. The fourth-order valence-electron chi connectivity index (χ4n) is 1.61. The first kappa shape index (κ1) is 14.9. The first-order valence-electron chi connectivity index (χ1n) is 6.14. The van der Waals surface area contributed by atoms with Crippen LogP contribution < -0.4 is 15.2 Å². The van der Waals surface area contributed by atoms with Crippen LogP contribution in [0.15, 0.2) is 47.4 Å². The van der Waals surface area contributed by atoms with E-state index in [1.165, 1.54) is 0 Å². The van der Waals surface area contributed by atoms with Crippen molar-refractivity contribution in [1.29, 1.82) is 0 Å². The van der Waals surface area contributed by atoms with Crippen LogP contribution in [0, 0.1) is 0 Å². The van der Waals surface area contributed by atoms with E-state index in [0.717, 1.165) is 22.1 Å². The van der Waals surface area contributed by atoms with Crippen LogP contribution in [-0.4, -0.2) is 19.5 Å². The number of rotatable bonds is 6. The SMILES string of the molecule is COc1ccc(OCCSc2cc(N)ccc2Cl)cc1. The molecule has 2 rings (SSSR count). The van der Waals surface area contributed by atoms with E-state index in [-0.39, 0.29) is 0 Å². The van der Waals surface area contributed by atoms with E-state index < -0.39 is 0 Å². The highest BCUT2D eigenvalue weighted by Gasteiger charge is 2.02. The molecule has 20 heavy (non-hydrogen) atoms. The van der Waals surface area contributed by atoms with Gasteiger partial charge in [-0.25, -0.2) is 0 Å². The largest absolute Gasteiger partial charge is 0.497 e. The fourth-order valence-corrected chi connectivity index (χ4v) is 2.71. The van der Waals surface area contributed by atoms with Crippen LogP contribution in [0.25, 0.3) is 0 Å². The van der Waals surface area contributed by atoms with Crippen LogP contribution >= 0.6 is 23.4 Å². The quantitative estimate of drug-likeness (QED) is 0.495. The Morgan fingerprint density at radius 1 is 1.10 bits per heavy atom. The lowest BCUT2D eigenvalue weighted by Gasteiger charge is -2.08. The van der Waals surface area contributed by atoms with Crippen molar-refractivity contribution >= 4 is 29.1 Å². The van der Waals surface area contributed by atoms with Crippen molar-refractivity contribution in [3.8, 4) is 11.5 Å². The van der Waals surface area contributed by atoms with Crippen molar-refractivity contribution in [2.45, 2.75) is 4.90 Å². The summed E-state index contributed by atoms with van der Waals surface area (Å²) in [6, 6.07) is 13.0. The first-order valence-corrected chi connectivity index (χ1v) is 7.50. The van der Waals surface area contributed by atoms with E-state index in [4.69, 9.17) is 26.8 Å². The Kier molecular flexibility index (Phi) is 5.44. The van der Waals surface area contributed by atoms with Crippen LogP contribution in [0.1, 0.15) is 0 Å². The molecule has 3 nitrogen and oxygen atoms in total. The van der Waals surface area contributed by atoms with Crippen molar-refractivity contribution in [1.82, 2.24) is 0 Å². The van der Waals surface area contributed by atoms with Gasteiger partial charge in [-0.05, 0) is 42.5 Å². The van der Waals surface area contributed by atoms with Gasteiger partial charge in [0.25, 0.3) is 0 Å². The lowest BCUT2D eigenvalue weighted by atomic mass is 10.3. The zero-order valence-electron chi connectivity index (χ0n) is 11.1. The Bertz CT molecular complexity index is 560. The van der Waals surface area contributed by atoms with Gasteiger partial charge in [-0.15, -0.1) is 11.8 Å². The number of benzene rings is 2. The van der Waals surface area contributed by atoms with Gasteiger partial charge in [-0.1, -0.05) is 11.6 Å². The fraction of sp³-hybridized carbons (Fsp3) is 0.200. The van der Waals surface area contributed by atoms with Crippen LogP contribution in [0.3, 0.4) is 0 Å². The van der Waals surface area contributed by atoms with Crippen LogP contribution in [-0.2, 0) is 0 Å². The van der Waals surface area contributed by atoms with E-state index in [1.54, 1.807) is 24.9 Å². The predicted molar refractivity (Wildman–Crippen MR) is 85.1 cm³/mol. The molecular formula is C15H16ClNO2S. The maximum Gasteiger partial charge on any atom is 0.119 e. The number of hydrogen-bond acceptors (Lipinski definition) is 4. The smallest absolute Gasteiger partial charge is 0.119 e. The number of nitrogen functional groups attached to an aromatic ring is 1. The van der Waals surface area contributed by atoms with Crippen LogP contribution in [0.5, 0.6) is 11.5 Å². The third-order valence-electron chi connectivity index (χ3n) is 2.62. The van der Waals surface area contributed by atoms with Gasteiger partial charge < -0.3 is 15.2 Å². The second-order valence-electron chi connectivity index (χ2n) is 4.06. The second kappa shape index (κ2) is 7.31. The van der Waals surface area contributed by atoms with Crippen LogP contribution in [0.2, 0.25) is 5.02 Å². The van der Waals surface area contributed by atoms with Crippen molar-refractivity contribution in [2.24, 2.45) is 0 Å². The van der Waals surface area contributed by atoms with Gasteiger partial charge >= 0.3 is 0 Å². The molecule has 0 saturated heterocycles. The number of methoxy groups -OCH3 is 1. The Morgan fingerprint density at radius 3 is 2.50 bits per heavy atom. The van der Waals surface area contributed by atoms with Crippen LogP contribution in [0.4, 0.5) is 5.69 Å². The predicted octanol–water partition coefficient (Wildman–Crippen LogP) is 4.10. The number of halogens is 1. The molecule has 2 N–H and O–H groups in total. The summed E-state index contributed by atoms with van der Waals surface area (Å²) in [6.07, 6.45) is 0. The van der Waals surface area contributed by atoms with Gasteiger partial charge in [0, 0.05) is 16.3 Å². The molecule has 0 fully saturated rings. The topological polar surface area (TPSA) is 44.5 Å². The number of nitrogens with two attached hydrogens (primary N) is 1. The first-order chi connectivity index (χ1) is 9.69. The van der Waals surface area contributed by atoms with E-state index in [1.807, 2.05) is 36.4 Å². The number of ether oxygens (including phenoxy) is 2. The van der Waals surface area contributed by atoms with E-state index in [9.17, 15) is 0 Å².